The number of nitrogens with zero attached hydrogens (tertiary/aromatic N) is 1. The molecule has 1 fully saturated rings. The summed E-state index contributed by atoms with van der Waals surface area (Å²) in [6.07, 6.45) is 2.67. The fourth-order valence-corrected chi connectivity index (χ4v) is 2.28. The minimum atomic E-state index is 0.566. The van der Waals surface area contributed by atoms with Crippen LogP contribution < -0.4 is 5.32 Å². The molecule has 3 nitrogen and oxygen atoms in total. The van der Waals surface area contributed by atoms with Crippen LogP contribution in [0.25, 0.3) is 0 Å². The first-order valence-corrected chi connectivity index (χ1v) is 5.77. The summed E-state index contributed by atoms with van der Waals surface area (Å²) in [5.74, 6) is 0. The zero-order chi connectivity index (χ0) is 10.4. The van der Waals surface area contributed by atoms with Crippen molar-refractivity contribution in [3.63, 3.8) is 0 Å². The first kappa shape index (κ1) is 12.0. The summed E-state index contributed by atoms with van der Waals surface area (Å²) in [6, 6.07) is 1.28. The zero-order valence-electron chi connectivity index (χ0n) is 9.75. The maximum Gasteiger partial charge on any atom is 0.0619 e. The van der Waals surface area contributed by atoms with E-state index in [4.69, 9.17) is 4.74 Å². The predicted octanol–water partition coefficient (Wildman–Crippen LogP) is 1.10. The Morgan fingerprint density at radius 3 is 3.00 bits per heavy atom. The van der Waals surface area contributed by atoms with E-state index in [2.05, 4.69) is 24.1 Å². The van der Waals surface area contributed by atoms with Crippen LogP contribution >= 0.6 is 0 Å². The quantitative estimate of drug-likeness (QED) is 0.695. The Labute approximate surface area is 87.8 Å². The lowest BCUT2D eigenvalue weighted by atomic mass is 10.2. The van der Waals surface area contributed by atoms with Crippen LogP contribution in [0.3, 0.4) is 0 Å². The fraction of sp³-hybridized carbons (Fsp3) is 1.00. The molecule has 1 rings (SSSR count). The van der Waals surface area contributed by atoms with Crippen LogP contribution in [0, 0.1) is 0 Å². The molecule has 2 unspecified atom stereocenters. The smallest absolute Gasteiger partial charge is 0.0619 e. The van der Waals surface area contributed by atoms with Crippen LogP contribution in [0.15, 0.2) is 0 Å². The lowest BCUT2D eigenvalue weighted by Gasteiger charge is -2.30. The van der Waals surface area contributed by atoms with E-state index < -0.39 is 0 Å². The largest absolute Gasteiger partial charge is 0.380 e. The van der Waals surface area contributed by atoms with E-state index in [1.165, 1.54) is 19.4 Å². The number of hydrogen-bond acceptors (Lipinski definition) is 3. The summed E-state index contributed by atoms with van der Waals surface area (Å²) in [7, 11) is 2.03. The van der Waals surface area contributed by atoms with Crippen LogP contribution in [0.5, 0.6) is 0 Å². The molecule has 1 N–H and O–H groups in total. The van der Waals surface area contributed by atoms with Crippen molar-refractivity contribution >= 4 is 0 Å². The van der Waals surface area contributed by atoms with Gasteiger partial charge in [0.1, 0.15) is 0 Å². The van der Waals surface area contributed by atoms with Crippen molar-refractivity contribution < 1.29 is 4.74 Å². The number of likely N-dealkylation sites (N-methyl/N-ethyl adjacent to an activating group) is 1. The molecule has 1 heterocycles. The second-order valence-corrected chi connectivity index (χ2v) is 4.10. The van der Waals surface area contributed by atoms with Gasteiger partial charge in [-0.25, -0.2) is 0 Å². The Bertz CT molecular complexity index is 152. The molecule has 1 aliphatic heterocycles. The van der Waals surface area contributed by atoms with Gasteiger partial charge >= 0.3 is 0 Å². The minimum absolute atomic E-state index is 0.566. The molecule has 0 saturated carbocycles. The van der Waals surface area contributed by atoms with Gasteiger partial charge in [0.25, 0.3) is 0 Å². The molecule has 0 amide bonds. The average Bonchev–Trinajstić information content (AvgIpc) is 2.63. The summed E-state index contributed by atoms with van der Waals surface area (Å²) in [4.78, 5) is 2.58. The van der Waals surface area contributed by atoms with Gasteiger partial charge in [0.15, 0.2) is 0 Å². The van der Waals surface area contributed by atoms with Crippen molar-refractivity contribution in [3.8, 4) is 0 Å². The maximum absolute atomic E-state index is 5.47. The summed E-state index contributed by atoms with van der Waals surface area (Å²) in [5, 5.41) is 3.27. The van der Waals surface area contributed by atoms with Gasteiger partial charge < -0.3 is 10.1 Å². The average molecular weight is 200 g/mol. The van der Waals surface area contributed by atoms with E-state index in [1.807, 2.05) is 7.05 Å². The van der Waals surface area contributed by atoms with Crippen LogP contribution in [0.1, 0.15) is 26.7 Å². The predicted molar refractivity (Wildman–Crippen MR) is 59.6 cm³/mol. The van der Waals surface area contributed by atoms with E-state index in [0.717, 1.165) is 25.8 Å². The molecule has 1 aliphatic rings. The SMILES string of the molecule is CCOCC(C)N1CCCC1CNC. The van der Waals surface area contributed by atoms with Gasteiger partial charge in [-0.2, -0.15) is 0 Å². The van der Waals surface area contributed by atoms with Crippen LogP contribution in [0.2, 0.25) is 0 Å². The minimum Gasteiger partial charge on any atom is -0.380 e. The number of likely N-dealkylation sites (tertiary alicyclic amines) is 1. The maximum atomic E-state index is 5.47. The lowest BCUT2D eigenvalue weighted by molar-refractivity contribution is 0.0675. The molecule has 0 bridgehead atoms. The van der Waals surface area contributed by atoms with E-state index in [9.17, 15) is 0 Å². The van der Waals surface area contributed by atoms with E-state index >= 15 is 0 Å². The molecule has 1 saturated heterocycles. The van der Waals surface area contributed by atoms with Crippen molar-refractivity contribution in [3.05, 3.63) is 0 Å². The summed E-state index contributed by atoms with van der Waals surface area (Å²) < 4.78 is 5.47. The topological polar surface area (TPSA) is 24.5 Å². The van der Waals surface area contributed by atoms with Gasteiger partial charge in [-0.15, -0.1) is 0 Å². The molecule has 0 aromatic heterocycles. The molecular formula is C11H24N2O. The zero-order valence-corrected chi connectivity index (χ0v) is 9.75. The Hall–Kier alpha value is -0.120. The summed E-state index contributed by atoms with van der Waals surface area (Å²) in [6.45, 7) is 8.37. The molecule has 2 atom stereocenters. The van der Waals surface area contributed by atoms with Crippen molar-refractivity contribution in [2.24, 2.45) is 0 Å². The highest BCUT2D eigenvalue weighted by Crippen LogP contribution is 2.19. The van der Waals surface area contributed by atoms with Gasteiger partial charge in [0.2, 0.25) is 0 Å². The first-order chi connectivity index (χ1) is 6.79. The van der Waals surface area contributed by atoms with E-state index in [0.29, 0.717) is 6.04 Å². The van der Waals surface area contributed by atoms with Crippen molar-refractivity contribution in [1.82, 2.24) is 10.2 Å². The van der Waals surface area contributed by atoms with Gasteiger partial charge in [-0.1, -0.05) is 0 Å². The Balaban J connectivity index is 2.32. The van der Waals surface area contributed by atoms with Gasteiger partial charge in [-0.05, 0) is 40.3 Å². The Morgan fingerprint density at radius 2 is 2.36 bits per heavy atom. The Kier molecular flexibility index (Phi) is 5.45. The molecule has 3 heteroatoms. The van der Waals surface area contributed by atoms with Crippen LogP contribution in [-0.2, 0) is 4.74 Å². The third kappa shape index (κ3) is 3.23. The highest BCUT2D eigenvalue weighted by Gasteiger charge is 2.27. The second kappa shape index (κ2) is 6.38. The van der Waals surface area contributed by atoms with E-state index in [1.54, 1.807) is 0 Å². The first-order valence-electron chi connectivity index (χ1n) is 5.77. The summed E-state index contributed by atoms with van der Waals surface area (Å²) >= 11 is 0. The molecular weight excluding hydrogens is 176 g/mol. The normalized spacial score (nSPS) is 25.5. The summed E-state index contributed by atoms with van der Waals surface area (Å²) in [5.41, 5.74) is 0. The van der Waals surface area contributed by atoms with Crippen molar-refractivity contribution in [2.75, 3.05) is 33.4 Å². The number of hydrogen-bond donors (Lipinski definition) is 1. The number of rotatable bonds is 6. The van der Waals surface area contributed by atoms with Crippen LogP contribution in [-0.4, -0.2) is 50.3 Å². The standard InChI is InChI=1S/C11H24N2O/c1-4-14-9-10(2)13-7-5-6-11(13)8-12-3/h10-12H,4-9H2,1-3H3. The fourth-order valence-electron chi connectivity index (χ4n) is 2.28. The monoisotopic (exact) mass is 200 g/mol. The molecule has 0 aromatic carbocycles. The third-order valence-electron chi connectivity index (χ3n) is 2.99. The van der Waals surface area contributed by atoms with Crippen LogP contribution in [0.4, 0.5) is 0 Å². The molecule has 14 heavy (non-hydrogen) atoms. The highest BCUT2D eigenvalue weighted by atomic mass is 16.5. The van der Waals surface area contributed by atoms with E-state index in [-0.39, 0.29) is 0 Å². The van der Waals surface area contributed by atoms with Gasteiger partial charge in [0, 0.05) is 25.2 Å². The number of ether oxygens (including phenoxy) is 1. The molecule has 0 radical (unpaired) electrons. The number of nitrogens with one attached hydrogen (secondary N) is 1. The second-order valence-electron chi connectivity index (χ2n) is 4.10. The molecule has 84 valence electrons. The molecule has 0 spiro atoms. The Morgan fingerprint density at radius 1 is 1.57 bits per heavy atom. The van der Waals surface area contributed by atoms with Crippen molar-refractivity contribution in [2.45, 2.75) is 38.8 Å². The lowest BCUT2D eigenvalue weighted by Crippen LogP contribution is -2.44. The van der Waals surface area contributed by atoms with Gasteiger partial charge in [0.05, 0.1) is 6.61 Å². The van der Waals surface area contributed by atoms with Crippen molar-refractivity contribution in [1.29, 1.82) is 0 Å². The highest BCUT2D eigenvalue weighted by molar-refractivity contribution is 4.84. The molecule has 0 aliphatic carbocycles. The third-order valence-corrected chi connectivity index (χ3v) is 2.99. The molecule has 0 aromatic rings. The van der Waals surface area contributed by atoms with Gasteiger partial charge in [-0.3, -0.25) is 4.90 Å².